The highest BCUT2D eigenvalue weighted by molar-refractivity contribution is 6.03. The number of aliphatic hydroxyl groups excluding tert-OH is 1. The Morgan fingerprint density at radius 1 is 1.19 bits per heavy atom. The van der Waals surface area contributed by atoms with E-state index in [4.69, 9.17) is 9.47 Å². The fourth-order valence-corrected chi connectivity index (χ4v) is 7.51. The van der Waals surface area contributed by atoms with E-state index in [1.54, 1.807) is 18.2 Å². The lowest BCUT2D eigenvalue weighted by Crippen LogP contribution is -2.63. The van der Waals surface area contributed by atoms with Crippen molar-refractivity contribution in [2.24, 2.45) is 34.0 Å². The molecule has 0 aliphatic heterocycles. The molecule has 1 aromatic carbocycles. The van der Waals surface area contributed by atoms with Gasteiger partial charge in [-0.2, -0.15) is 0 Å². The highest BCUT2D eigenvalue weighted by Gasteiger charge is 2.70. The van der Waals surface area contributed by atoms with E-state index in [0.29, 0.717) is 18.6 Å². The first kappa shape index (κ1) is 27.3. The summed E-state index contributed by atoms with van der Waals surface area (Å²) in [6, 6.07) is 6.27. The van der Waals surface area contributed by atoms with Crippen LogP contribution in [0, 0.1) is 34.0 Å². The van der Waals surface area contributed by atoms with Crippen molar-refractivity contribution in [2.75, 3.05) is 7.11 Å². The number of ether oxygens (including phenoxy) is 2. The normalized spacial score (nSPS) is 41.1. The number of benzene rings is 1. The number of carbonyl (C=O) groups is 3. The molecule has 9 atom stereocenters. The summed E-state index contributed by atoms with van der Waals surface area (Å²) in [5.74, 6) is -1.68. The number of carbonyl (C=O) groups excluding carboxylic acids is 3. The van der Waals surface area contributed by atoms with Gasteiger partial charge < -0.3 is 14.6 Å². The molecule has 0 saturated heterocycles. The molecular weight excluding hydrogens is 477 g/mol. The van der Waals surface area contributed by atoms with Gasteiger partial charge in [0.25, 0.3) is 5.91 Å². The van der Waals surface area contributed by atoms with Gasteiger partial charge in [0.15, 0.2) is 12.0 Å². The maximum Gasteiger partial charge on any atom is 0.414 e. The Bertz CT molecular complexity index is 1090. The molecule has 0 aromatic heterocycles. The molecule has 0 heterocycles. The van der Waals surface area contributed by atoms with E-state index in [1.807, 2.05) is 27.7 Å². The molecule has 202 valence electrons. The van der Waals surface area contributed by atoms with Gasteiger partial charge in [-0.25, -0.2) is 9.18 Å². The van der Waals surface area contributed by atoms with Gasteiger partial charge in [0.1, 0.15) is 11.9 Å². The van der Waals surface area contributed by atoms with Crippen LogP contribution in [0.25, 0.3) is 0 Å². The van der Waals surface area contributed by atoms with Gasteiger partial charge in [-0.1, -0.05) is 33.8 Å². The zero-order valence-electron chi connectivity index (χ0n) is 22.3. The lowest BCUT2D eigenvalue weighted by Gasteiger charge is -2.61. The molecule has 37 heavy (non-hydrogen) atoms. The molecule has 1 aromatic rings. The van der Waals surface area contributed by atoms with Crippen molar-refractivity contribution < 1.29 is 33.4 Å². The molecular formula is C29H38FNO6. The van der Waals surface area contributed by atoms with Gasteiger partial charge in [0.2, 0.25) is 0 Å². The summed E-state index contributed by atoms with van der Waals surface area (Å²) in [4.78, 5) is 39.2. The average Bonchev–Trinajstić information content (AvgIpc) is 3.15. The third-order valence-corrected chi connectivity index (χ3v) is 10.1. The van der Waals surface area contributed by atoms with Crippen LogP contribution in [0.15, 0.2) is 36.9 Å². The molecule has 0 spiro atoms. The second-order valence-electron chi connectivity index (χ2n) is 11.8. The zero-order chi connectivity index (χ0) is 27.3. The highest BCUT2D eigenvalue weighted by Crippen LogP contribution is 2.68. The van der Waals surface area contributed by atoms with Gasteiger partial charge in [0, 0.05) is 22.3 Å². The second kappa shape index (κ2) is 9.53. The van der Waals surface area contributed by atoms with Crippen molar-refractivity contribution in [3.8, 4) is 5.75 Å². The largest absolute Gasteiger partial charge is 0.497 e. The number of nitrogens with one attached hydrogen (secondary N) is 1. The van der Waals surface area contributed by atoms with Crippen molar-refractivity contribution >= 4 is 17.8 Å². The zero-order valence-corrected chi connectivity index (χ0v) is 22.3. The minimum atomic E-state index is -1.62. The fraction of sp³-hybridized carbons (Fsp3) is 0.621. The molecule has 3 fully saturated rings. The van der Waals surface area contributed by atoms with E-state index in [9.17, 15) is 19.5 Å². The monoisotopic (exact) mass is 515 g/mol. The molecule has 8 heteroatoms. The Labute approximate surface area is 217 Å². The number of aliphatic hydroxyl groups is 1. The predicted molar refractivity (Wildman–Crippen MR) is 136 cm³/mol. The molecule has 2 N–H and O–H groups in total. The Morgan fingerprint density at radius 3 is 2.43 bits per heavy atom. The second-order valence-corrected chi connectivity index (χ2v) is 11.8. The van der Waals surface area contributed by atoms with E-state index in [0.717, 1.165) is 0 Å². The third-order valence-electron chi connectivity index (χ3n) is 10.1. The summed E-state index contributed by atoms with van der Waals surface area (Å²) in [6.45, 7) is 11.6. The Hall–Kier alpha value is -2.74. The van der Waals surface area contributed by atoms with Gasteiger partial charge in [0.05, 0.1) is 13.2 Å². The Morgan fingerprint density at radius 2 is 1.84 bits per heavy atom. The molecule has 0 radical (unpaired) electrons. The van der Waals surface area contributed by atoms with Crippen LogP contribution in [0.1, 0.15) is 63.7 Å². The standard InChI is InChI=1S/C29H38FNO6/c1-7-27(4)15-21(37-26(35)31-25(34)18-8-10-19(36-6)11-9-18)28(5)16(2)12-13-29(17(3)24(27)33)14-20(30)22(32)23(28)29/h7-11,16-17,20-21,23-24,33H,1,12-15H2,2-6H3,(H,31,34,35)/t16?,17-,20-,21+,23?,24-,27+,28-,29-/m0/s1. The van der Waals surface area contributed by atoms with E-state index in [2.05, 4.69) is 11.9 Å². The molecule has 2 unspecified atom stereocenters. The number of imide groups is 1. The number of alkyl carbamates (subject to hydrolysis) is 1. The lowest BCUT2D eigenvalue weighted by atomic mass is 9.44. The average molecular weight is 516 g/mol. The van der Waals surface area contributed by atoms with E-state index >= 15 is 4.39 Å². The summed E-state index contributed by atoms with van der Waals surface area (Å²) in [6.07, 6.45) is -1.13. The molecule has 4 rings (SSSR count). The number of hydrogen-bond acceptors (Lipinski definition) is 6. The van der Waals surface area contributed by atoms with Crippen LogP contribution >= 0.6 is 0 Å². The van der Waals surface area contributed by atoms with E-state index < -0.39 is 58.3 Å². The minimum absolute atomic E-state index is 0.0547. The number of ketones is 1. The van der Waals surface area contributed by atoms with Gasteiger partial charge >= 0.3 is 6.09 Å². The smallest absolute Gasteiger partial charge is 0.414 e. The predicted octanol–water partition coefficient (Wildman–Crippen LogP) is 4.87. The van der Waals surface area contributed by atoms with E-state index in [1.165, 1.54) is 19.2 Å². The van der Waals surface area contributed by atoms with Crippen LogP contribution in [0.3, 0.4) is 0 Å². The van der Waals surface area contributed by atoms with Crippen molar-refractivity contribution in [3.63, 3.8) is 0 Å². The first-order valence-corrected chi connectivity index (χ1v) is 13.0. The summed E-state index contributed by atoms with van der Waals surface area (Å²) < 4.78 is 26.2. The molecule has 7 nitrogen and oxygen atoms in total. The summed E-state index contributed by atoms with van der Waals surface area (Å²) >= 11 is 0. The number of amides is 2. The van der Waals surface area contributed by atoms with Crippen LogP contribution in [0.5, 0.6) is 5.75 Å². The van der Waals surface area contributed by atoms with Crippen LogP contribution < -0.4 is 10.1 Å². The van der Waals surface area contributed by atoms with Crippen LogP contribution in [0.4, 0.5) is 9.18 Å². The molecule has 2 bridgehead atoms. The van der Waals surface area contributed by atoms with Crippen LogP contribution in [-0.4, -0.2) is 48.4 Å². The molecule has 3 aliphatic rings. The summed E-state index contributed by atoms with van der Waals surface area (Å²) in [5.41, 5.74) is -2.26. The number of alkyl halides is 1. The first-order valence-electron chi connectivity index (χ1n) is 13.0. The van der Waals surface area contributed by atoms with Crippen molar-refractivity contribution in [3.05, 3.63) is 42.5 Å². The SMILES string of the molecule is C=C[C@]1(C)C[C@@H](OC(=O)NC(=O)c2ccc(OC)cc2)[C@]2(C)C(C)CC[C@]3(C[C@H](F)C(=O)C32)[C@@H](C)[C@@H]1O. The number of rotatable bonds is 4. The highest BCUT2D eigenvalue weighted by atomic mass is 19.1. The number of methoxy groups -OCH3 is 1. The fourth-order valence-electron chi connectivity index (χ4n) is 7.51. The molecule has 3 saturated carbocycles. The van der Waals surface area contributed by atoms with Crippen molar-refractivity contribution in [2.45, 2.75) is 71.8 Å². The van der Waals surface area contributed by atoms with Crippen molar-refractivity contribution in [1.29, 1.82) is 0 Å². The molecule has 3 aliphatic carbocycles. The topological polar surface area (TPSA) is 102 Å². The Balaban J connectivity index is 1.70. The summed E-state index contributed by atoms with van der Waals surface area (Å²) in [7, 11) is 1.51. The lowest BCUT2D eigenvalue weighted by molar-refractivity contribution is -0.191. The first-order chi connectivity index (χ1) is 17.3. The number of hydrogen-bond donors (Lipinski definition) is 2. The van der Waals surface area contributed by atoms with Gasteiger partial charge in [-0.15, -0.1) is 6.58 Å². The quantitative estimate of drug-likeness (QED) is 0.555. The van der Waals surface area contributed by atoms with Crippen LogP contribution in [0.2, 0.25) is 0 Å². The molecule has 2 amide bonds. The Kier molecular flexibility index (Phi) is 7.03. The number of Topliss-reactive ketones (excluding diaryl/α,β-unsaturated/α-hetero) is 1. The minimum Gasteiger partial charge on any atom is -0.497 e. The van der Waals surface area contributed by atoms with Gasteiger partial charge in [-0.3, -0.25) is 14.9 Å². The third kappa shape index (κ3) is 4.17. The van der Waals surface area contributed by atoms with Crippen LogP contribution in [-0.2, 0) is 9.53 Å². The maximum atomic E-state index is 15.2. The number of halogens is 1. The van der Waals surface area contributed by atoms with E-state index in [-0.39, 0.29) is 30.2 Å². The van der Waals surface area contributed by atoms with Gasteiger partial charge in [-0.05, 0) is 67.2 Å². The van der Waals surface area contributed by atoms with Crippen molar-refractivity contribution in [1.82, 2.24) is 5.32 Å². The maximum absolute atomic E-state index is 15.2. The summed E-state index contributed by atoms with van der Waals surface area (Å²) in [5, 5.41) is 13.8.